The summed E-state index contributed by atoms with van der Waals surface area (Å²) < 4.78 is 5.87. The van der Waals surface area contributed by atoms with Crippen molar-refractivity contribution in [1.29, 1.82) is 0 Å². The molecule has 0 spiro atoms. The lowest BCUT2D eigenvalue weighted by Crippen LogP contribution is -2.17. The molecule has 0 fully saturated rings. The maximum Gasteiger partial charge on any atom is 0.283 e. The Hall–Kier alpha value is -2.32. The number of nitrogens with two attached hydrogens (primary N) is 1. The predicted molar refractivity (Wildman–Crippen MR) is 123 cm³/mol. The number of carbonyl (C=O) groups is 1. The molecule has 0 aliphatic heterocycles. The van der Waals surface area contributed by atoms with Crippen LogP contribution in [-0.4, -0.2) is 17.1 Å². The van der Waals surface area contributed by atoms with Crippen molar-refractivity contribution in [3.8, 4) is 5.75 Å². The minimum absolute atomic E-state index is 0.120. The Morgan fingerprint density at radius 3 is 2.73 bits per heavy atom. The number of amides is 1. The van der Waals surface area contributed by atoms with E-state index in [0.29, 0.717) is 54.1 Å². The number of nitrogens with zero attached hydrogens (tertiary/aromatic N) is 2. The normalized spacial score (nSPS) is 11.1. The maximum atomic E-state index is 12.3. The third kappa shape index (κ3) is 5.23. The number of nitrogens with one attached hydrogen (secondary N) is 1. The van der Waals surface area contributed by atoms with Crippen LogP contribution in [0.3, 0.4) is 0 Å². The van der Waals surface area contributed by atoms with Gasteiger partial charge in [0.25, 0.3) is 5.91 Å². The Morgan fingerprint density at radius 2 is 1.97 bits per heavy atom. The van der Waals surface area contributed by atoms with Crippen LogP contribution in [0.15, 0.2) is 41.5 Å². The first kappa shape index (κ1) is 22.4. The van der Waals surface area contributed by atoms with E-state index in [4.69, 9.17) is 45.3 Å². The van der Waals surface area contributed by atoms with Gasteiger partial charge in [-0.15, -0.1) is 0 Å². The molecule has 0 saturated heterocycles. The minimum atomic E-state index is -0.367. The first-order valence-electron chi connectivity index (χ1n) is 8.83. The average molecular weight is 484 g/mol. The lowest BCUT2D eigenvalue weighted by Gasteiger charge is -2.12. The van der Waals surface area contributed by atoms with Crippen LogP contribution in [0, 0.1) is 0 Å². The van der Waals surface area contributed by atoms with Crippen molar-refractivity contribution in [1.82, 2.24) is 10.4 Å². The molecule has 3 aromatic rings. The summed E-state index contributed by atoms with van der Waals surface area (Å²) in [6.45, 7) is 2.02. The molecule has 156 valence electrons. The first-order valence-corrected chi connectivity index (χ1v) is 10.8. The molecule has 0 radical (unpaired) electrons. The van der Waals surface area contributed by atoms with Crippen LogP contribution in [0.5, 0.6) is 5.75 Å². The topological polar surface area (TPSA) is 89.6 Å². The number of hydrazone groups is 1. The Morgan fingerprint density at radius 1 is 1.23 bits per heavy atom. The van der Waals surface area contributed by atoms with Crippen molar-refractivity contribution in [3.05, 3.63) is 73.2 Å². The monoisotopic (exact) mass is 482 g/mol. The molecule has 0 atom stereocenters. The number of aryl methyl sites for hydroxylation is 1. The number of hydrogen-bond acceptors (Lipinski definition) is 6. The quantitative estimate of drug-likeness (QED) is 0.260. The van der Waals surface area contributed by atoms with Crippen LogP contribution in [0.2, 0.25) is 15.1 Å². The molecule has 0 saturated carbocycles. The van der Waals surface area contributed by atoms with Crippen molar-refractivity contribution in [2.45, 2.75) is 20.0 Å². The molecule has 6 nitrogen and oxygen atoms in total. The summed E-state index contributed by atoms with van der Waals surface area (Å²) in [6.07, 6.45) is 2.09. The number of nitrogen functional groups attached to an aromatic ring is 1. The zero-order valence-electron chi connectivity index (χ0n) is 15.8. The summed E-state index contributed by atoms with van der Waals surface area (Å²) in [7, 11) is 0. The number of para-hydroxylation sites is 1. The van der Waals surface area contributed by atoms with Crippen molar-refractivity contribution in [3.63, 3.8) is 0 Å². The number of thiazole rings is 1. The summed E-state index contributed by atoms with van der Waals surface area (Å²) in [5.74, 6) is 0.173. The molecule has 1 aromatic heterocycles. The van der Waals surface area contributed by atoms with E-state index in [-0.39, 0.29) is 12.5 Å². The molecular weight excluding hydrogens is 467 g/mol. The molecule has 1 amide bonds. The fourth-order valence-corrected chi connectivity index (χ4v) is 4.04. The Kier molecular flexibility index (Phi) is 7.55. The second kappa shape index (κ2) is 10.1. The number of ether oxygens (including phenoxy) is 1. The molecule has 30 heavy (non-hydrogen) atoms. The first-order chi connectivity index (χ1) is 14.4. The van der Waals surface area contributed by atoms with Crippen molar-refractivity contribution < 1.29 is 9.53 Å². The highest BCUT2D eigenvalue weighted by Crippen LogP contribution is 2.32. The highest BCUT2D eigenvalue weighted by Gasteiger charge is 2.15. The lowest BCUT2D eigenvalue weighted by molar-refractivity contribution is 0.0958. The zero-order chi connectivity index (χ0) is 21.7. The van der Waals surface area contributed by atoms with Gasteiger partial charge in [-0.25, -0.2) is 10.4 Å². The highest BCUT2D eigenvalue weighted by atomic mass is 35.5. The van der Waals surface area contributed by atoms with Crippen LogP contribution in [0.25, 0.3) is 0 Å². The number of hydrogen-bond donors (Lipinski definition) is 2. The van der Waals surface area contributed by atoms with E-state index < -0.39 is 0 Å². The fraction of sp³-hybridized carbons (Fsp3) is 0.150. The van der Waals surface area contributed by atoms with Crippen molar-refractivity contribution in [2.75, 3.05) is 5.73 Å². The molecule has 2 aromatic carbocycles. The van der Waals surface area contributed by atoms with Gasteiger partial charge in [-0.2, -0.15) is 5.10 Å². The SMILES string of the molecule is CCc1nc(N)sc1C(=O)N/N=C/c1ccccc1OCc1c(Cl)ccc(Cl)c1Cl. The minimum Gasteiger partial charge on any atom is -0.488 e. The highest BCUT2D eigenvalue weighted by molar-refractivity contribution is 7.17. The summed E-state index contributed by atoms with van der Waals surface area (Å²) in [5, 5.41) is 5.57. The number of anilines is 1. The third-order valence-corrected chi connectivity index (χ3v) is 6.18. The van der Waals surface area contributed by atoms with Crippen molar-refractivity contribution in [2.24, 2.45) is 5.10 Å². The van der Waals surface area contributed by atoms with E-state index in [0.717, 1.165) is 11.3 Å². The van der Waals surface area contributed by atoms with E-state index in [2.05, 4.69) is 15.5 Å². The van der Waals surface area contributed by atoms with Crippen LogP contribution >= 0.6 is 46.1 Å². The maximum absolute atomic E-state index is 12.3. The summed E-state index contributed by atoms with van der Waals surface area (Å²) >= 11 is 19.6. The van der Waals surface area contributed by atoms with Gasteiger partial charge in [0.05, 0.1) is 22.0 Å². The molecule has 0 aliphatic rings. The Labute approximate surface area is 192 Å². The second-order valence-electron chi connectivity index (χ2n) is 6.03. The summed E-state index contributed by atoms with van der Waals surface area (Å²) in [4.78, 5) is 16.9. The van der Waals surface area contributed by atoms with Gasteiger partial charge in [-0.3, -0.25) is 4.79 Å². The number of halogens is 3. The largest absolute Gasteiger partial charge is 0.488 e. The third-order valence-electron chi connectivity index (χ3n) is 4.05. The summed E-state index contributed by atoms with van der Waals surface area (Å²) in [6, 6.07) is 10.5. The van der Waals surface area contributed by atoms with Gasteiger partial charge in [-0.1, -0.05) is 65.2 Å². The van der Waals surface area contributed by atoms with Gasteiger partial charge in [0.1, 0.15) is 17.2 Å². The van der Waals surface area contributed by atoms with E-state index >= 15 is 0 Å². The fourth-order valence-electron chi connectivity index (χ4n) is 2.57. The van der Waals surface area contributed by atoms with E-state index in [9.17, 15) is 4.79 Å². The summed E-state index contributed by atoms with van der Waals surface area (Å²) in [5.41, 5.74) is 10.1. The molecule has 0 unspecified atom stereocenters. The van der Waals surface area contributed by atoms with Gasteiger partial charge in [0.2, 0.25) is 0 Å². The smallest absolute Gasteiger partial charge is 0.283 e. The van der Waals surface area contributed by atoms with Crippen LogP contribution < -0.4 is 15.9 Å². The average Bonchev–Trinajstić information content (AvgIpc) is 3.12. The molecule has 3 N–H and O–H groups in total. The van der Waals surface area contributed by atoms with Gasteiger partial charge in [0, 0.05) is 16.1 Å². The van der Waals surface area contributed by atoms with Gasteiger partial charge in [-0.05, 0) is 30.7 Å². The van der Waals surface area contributed by atoms with Crippen LogP contribution in [-0.2, 0) is 13.0 Å². The lowest BCUT2D eigenvalue weighted by atomic mass is 10.2. The molecule has 0 bridgehead atoms. The standard InChI is InChI=1S/C20H17Cl3N4O2S/c1-2-15-18(30-20(24)26-15)19(28)27-25-9-11-5-3-4-6-16(11)29-10-12-13(21)7-8-14(22)17(12)23/h3-9H,2,10H2,1H3,(H2,24,26)(H,27,28)/b25-9+. The second-order valence-corrected chi connectivity index (χ2v) is 8.25. The predicted octanol–water partition coefficient (Wildman–Crippen LogP) is 5.59. The van der Waals surface area contributed by atoms with Crippen molar-refractivity contribution >= 4 is 63.4 Å². The van der Waals surface area contributed by atoms with Crippen LogP contribution in [0.1, 0.15) is 33.4 Å². The molecule has 10 heteroatoms. The Bertz CT molecular complexity index is 1100. The van der Waals surface area contributed by atoms with Gasteiger partial charge < -0.3 is 10.5 Å². The van der Waals surface area contributed by atoms with Gasteiger partial charge >= 0.3 is 0 Å². The number of benzene rings is 2. The zero-order valence-corrected chi connectivity index (χ0v) is 18.9. The number of aromatic nitrogens is 1. The van der Waals surface area contributed by atoms with E-state index in [1.165, 1.54) is 6.21 Å². The van der Waals surface area contributed by atoms with Crippen LogP contribution in [0.4, 0.5) is 5.13 Å². The molecular formula is C20H17Cl3N4O2S. The van der Waals surface area contributed by atoms with Gasteiger partial charge in [0.15, 0.2) is 5.13 Å². The number of carbonyl (C=O) groups excluding carboxylic acids is 1. The Balaban J connectivity index is 1.71. The molecule has 0 aliphatic carbocycles. The molecule has 3 rings (SSSR count). The number of rotatable bonds is 7. The van der Waals surface area contributed by atoms with E-state index in [1.54, 1.807) is 24.3 Å². The molecule has 1 heterocycles. The van der Waals surface area contributed by atoms with E-state index in [1.807, 2.05) is 19.1 Å².